The van der Waals surface area contributed by atoms with Crippen molar-refractivity contribution in [2.45, 2.75) is 119 Å². The zero-order valence-electron chi connectivity index (χ0n) is 20.2. The van der Waals surface area contributed by atoms with Crippen molar-refractivity contribution in [2.75, 3.05) is 0 Å². The second-order valence-electron chi connectivity index (χ2n) is 8.71. The van der Waals surface area contributed by atoms with Crippen molar-refractivity contribution in [3.63, 3.8) is 0 Å². The summed E-state index contributed by atoms with van der Waals surface area (Å²) < 4.78 is 0. The van der Waals surface area contributed by atoms with Gasteiger partial charge in [0.15, 0.2) is 0 Å². The van der Waals surface area contributed by atoms with E-state index in [0.717, 1.165) is 51.4 Å². The number of hydrogen-bond acceptors (Lipinski definition) is 2. The molecule has 3 atom stereocenters. The Bertz CT molecular complexity index is 539. The molecular weight excluding hydrogens is 354 g/mol. The highest BCUT2D eigenvalue weighted by molar-refractivity contribution is 5.75. The van der Waals surface area contributed by atoms with Crippen LogP contribution in [0.1, 0.15) is 119 Å². The van der Waals surface area contributed by atoms with Crippen molar-refractivity contribution in [3.8, 4) is 6.07 Å². The highest BCUT2D eigenvalue weighted by Gasteiger charge is 2.42. The van der Waals surface area contributed by atoms with Crippen LogP contribution in [0.2, 0.25) is 0 Å². The summed E-state index contributed by atoms with van der Waals surface area (Å²) in [6.45, 7) is 12.7. The van der Waals surface area contributed by atoms with Gasteiger partial charge in [0.25, 0.3) is 0 Å². The molecule has 0 heterocycles. The third-order valence-electron chi connectivity index (χ3n) is 6.20. The van der Waals surface area contributed by atoms with Gasteiger partial charge in [0.05, 0.1) is 11.5 Å². The number of nitrogens with zero attached hydrogens (tertiary/aromatic N) is 1. The van der Waals surface area contributed by atoms with Crippen LogP contribution in [0.15, 0.2) is 23.8 Å². The summed E-state index contributed by atoms with van der Waals surface area (Å²) in [7, 11) is 0. The molecule has 0 radical (unpaired) electrons. The molecule has 0 aliphatic rings. The quantitative estimate of drug-likeness (QED) is 0.181. The number of Topliss-reactive ketones (excluding diaryl/α,β-unsaturated/α-hetero) is 1. The van der Waals surface area contributed by atoms with Gasteiger partial charge in [-0.3, -0.25) is 0 Å². The lowest BCUT2D eigenvalue weighted by Gasteiger charge is -2.40. The van der Waals surface area contributed by atoms with Crippen molar-refractivity contribution in [2.24, 2.45) is 17.3 Å². The Labute approximate surface area is 181 Å². The molecular formula is C27H47NO. The van der Waals surface area contributed by atoms with E-state index in [-0.39, 0.29) is 5.78 Å². The van der Waals surface area contributed by atoms with E-state index in [9.17, 15) is 10.1 Å². The molecule has 0 fully saturated rings. The highest BCUT2D eigenvalue weighted by atomic mass is 16.1. The van der Waals surface area contributed by atoms with Crippen LogP contribution < -0.4 is 0 Å². The minimum absolute atomic E-state index is 0.251. The maximum atomic E-state index is 12.0. The molecule has 0 aliphatic carbocycles. The molecule has 0 aromatic carbocycles. The second kappa shape index (κ2) is 16.4. The van der Waals surface area contributed by atoms with E-state index in [2.05, 4.69) is 58.9 Å². The number of ketones is 1. The van der Waals surface area contributed by atoms with E-state index in [0.29, 0.717) is 18.3 Å². The zero-order valence-corrected chi connectivity index (χ0v) is 20.2. The van der Waals surface area contributed by atoms with E-state index in [1.165, 1.54) is 24.8 Å². The highest BCUT2D eigenvalue weighted by Crippen LogP contribution is 2.48. The Hall–Kier alpha value is -1.36. The van der Waals surface area contributed by atoms with Gasteiger partial charge in [0.2, 0.25) is 0 Å². The van der Waals surface area contributed by atoms with Crippen molar-refractivity contribution in [1.82, 2.24) is 0 Å². The predicted octanol–water partition coefficient (Wildman–Crippen LogP) is 8.58. The fourth-order valence-corrected chi connectivity index (χ4v) is 4.84. The van der Waals surface area contributed by atoms with Gasteiger partial charge < -0.3 is 4.79 Å². The Balaban J connectivity index is 6.23. The topological polar surface area (TPSA) is 40.9 Å². The van der Waals surface area contributed by atoms with Gasteiger partial charge in [-0.05, 0) is 50.9 Å². The van der Waals surface area contributed by atoms with Crippen LogP contribution >= 0.6 is 0 Å². The number of carbonyl (C=O) groups is 1. The van der Waals surface area contributed by atoms with E-state index >= 15 is 0 Å². The van der Waals surface area contributed by atoms with Gasteiger partial charge >= 0.3 is 0 Å². The summed E-state index contributed by atoms with van der Waals surface area (Å²) >= 11 is 0. The fourth-order valence-electron chi connectivity index (χ4n) is 4.84. The van der Waals surface area contributed by atoms with E-state index in [1.54, 1.807) is 6.92 Å². The molecule has 2 nitrogen and oxygen atoms in total. The van der Waals surface area contributed by atoms with Crippen LogP contribution in [-0.4, -0.2) is 5.78 Å². The number of allylic oxidation sites excluding steroid dienone is 4. The lowest BCUT2D eigenvalue weighted by atomic mass is 9.61. The lowest BCUT2D eigenvalue weighted by Crippen LogP contribution is -2.34. The predicted molar refractivity (Wildman–Crippen MR) is 127 cm³/mol. The minimum atomic E-state index is -0.453. The first kappa shape index (κ1) is 27.6. The largest absolute Gasteiger partial charge is 0.300 e. The zero-order chi connectivity index (χ0) is 22.1. The molecule has 0 aromatic heterocycles. The normalized spacial score (nSPS) is 16.4. The van der Waals surface area contributed by atoms with Gasteiger partial charge in [-0.1, -0.05) is 96.9 Å². The smallest absolute Gasteiger partial charge is 0.130 e. The Morgan fingerprint density at radius 2 is 1.69 bits per heavy atom. The molecule has 3 unspecified atom stereocenters. The summed E-state index contributed by atoms with van der Waals surface area (Å²) in [6.07, 6.45) is 18.9. The SMILES string of the molecule is CC/C=C\C=C(/CC)C(C#N)(CC(CCC)CC(C)=O)C(CCC)CCCCC. The molecule has 0 amide bonds. The van der Waals surface area contributed by atoms with Gasteiger partial charge in [-0.2, -0.15) is 5.26 Å². The molecule has 0 rings (SSSR count). The minimum Gasteiger partial charge on any atom is -0.300 e. The van der Waals surface area contributed by atoms with Gasteiger partial charge in [-0.25, -0.2) is 0 Å². The van der Waals surface area contributed by atoms with E-state index in [4.69, 9.17) is 0 Å². The molecule has 166 valence electrons. The monoisotopic (exact) mass is 401 g/mol. The number of hydrogen-bond donors (Lipinski definition) is 0. The number of unbranched alkanes of at least 4 members (excludes halogenated alkanes) is 2. The Morgan fingerprint density at radius 3 is 2.17 bits per heavy atom. The molecule has 29 heavy (non-hydrogen) atoms. The average molecular weight is 402 g/mol. The van der Waals surface area contributed by atoms with Crippen LogP contribution in [0.5, 0.6) is 0 Å². The maximum Gasteiger partial charge on any atom is 0.130 e. The van der Waals surface area contributed by atoms with Crippen LogP contribution in [0.4, 0.5) is 0 Å². The second-order valence-corrected chi connectivity index (χ2v) is 8.71. The van der Waals surface area contributed by atoms with Crippen LogP contribution in [0.3, 0.4) is 0 Å². The Kier molecular flexibility index (Phi) is 15.7. The standard InChI is InChI=1S/C27H47NO/c1-7-12-14-18-25(11-5)27(22-28,21-24(16-9-3)20-23(6)29)26(17-10-4)19-15-13-8-2/h12,14,18,24,26H,7-11,13,15-17,19-21H2,1-6H3/b14-12-,25-18+. The first-order valence-corrected chi connectivity index (χ1v) is 12.2. The third kappa shape index (κ3) is 9.79. The van der Waals surface area contributed by atoms with Crippen molar-refractivity contribution >= 4 is 5.78 Å². The average Bonchev–Trinajstić information content (AvgIpc) is 2.69. The molecule has 2 heteroatoms. The molecule has 0 saturated carbocycles. The summed E-state index contributed by atoms with van der Waals surface area (Å²) in [5, 5.41) is 10.6. The van der Waals surface area contributed by atoms with Crippen LogP contribution in [-0.2, 0) is 4.79 Å². The van der Waals surface area contributed by atoms with Crippen LogP contribution in [0, 0.1) is 28.6 Å². The molecule has 0 N–H and O–H groups in total. The number of nitriles is 1. The van der Waals surface area contributed by atoms with Crippen molar-refractivity contribution in [1.29, 1.82) is 5.26 Å². The Morgan fingerprint density at radius 1 is 1.00 bits per heavy atom. The van der Waals surface area contributed by atoms with Gasteiger partial charge in [0, 0.05) is 6.42 Å². The first-order chi connectivity index (χ1) is 13.9. The third-order valence-corrected chi connectivity index (χ3v) is 6.20. The van der Waals surface area contributed by atoms with Gasteiger partial charge in [0.1, 0.15) is 5.78 Å². The first-order valence-electron chi connectivity index (χ1n) is 12.2. The lowest BCUT2D eigenvalue weighted by molar-refractivity contribution is -0.118. The summed E-state index contributed by atoms with van der Waals surface area (Å²) in [6, 6.07) is 2.85. The summed E-state index contributed by atoms with van der Waals surface area (Å²) in [5.74, 6) is 0.922. The van der Waals surface area contributed by atoms with Crippen LogP contribution in [0.25, 0.3) is 0 Å². The number of carbonyl (C=O) groups excluding carboxylic acids is 1. The molecule has 0 aliphatic heterocycles. The van der Waals surface area contributed by atoms with Crippen molar-refractivity contribution < 1.29 is 4.79 Å². The maximum absolute atomic E-state index is 12.0. The number of rotatable bonds is 17. The van der Waals surface area contributed by atoms with E-state index < -0.39 is 5.41 Å². The fraction of sp³-hybridized carbons (Fsp3) is 0.778. The molecule has 0 aromatic rings. The molecule has 0 spiro atoms. The summed E-state index contributed by atoms with van der Waals surface area (Å²) in [5.41, 5.74) is 0.815. The molecule has 0 bridgehead atoms. The summed E-state index contributed by atoms with van der Waals surface area (Å²) in [4.78, 5) is 12.0. The van der Waals surface area contributed by atoms with E-state index in [1.807, 2.05) is 0 Å². The molecule has 0 saturated heterocycles. The van der Waals surface area contributed by atoms with Gasteiger partial charge in [-0.15, -0.1) is 0 Å². The van der Waals surface area contributed by atoms with Crippen molar-refractivity contribution in [3.05, 3.63) is 23.8 Å².